The van der Waals surface area contributed by atoms with Crippen LogP contribution in [0.1, 0.15) is 13.8 Å². The van der Waals surface area contributed by atoms with E-state index in [4.69, 9.17) is 9.84 Å². The lowest BCUT2D eigenvalue weighted by atomic mass is 10.3. The lowest BCUT2D eigenvalue weighted by molar-refractivity contribution is -0.139. The van der Waals surface area contributed by atoms with Crippen LogP contribution in [0, 0.1) is 0 Å². The number of carboxylic acids is 1. The number of hydrogen-bond donors (Lipinski definition) is 2. The number of rotatable bonds is 7. The topological polar surface area (TPSA) is 76.4 Å². The number of aliphatic carboxylic acids is 1. The summed E-state index contributed by atoms with van der Waals surface area (Å²) in [5.41, 5.74) is 0. The van der Waals surface area contributed by atoms with Crippen molar-refractivity contribution in [2.24, 2.45) is 0 Å². The van der Waals surface area contributed by atoms with Gasteiger partial charge in [0.05, 0.1) is 25.5 Å². The summed E-state index contributed by atoms with van der Waals surface area (Å²) in [4.78, 5) is 10.9. The van der Waals surface area contributed by atoms with Crippen molar-refractivity contribution >= 4 is 5.97 Å². The van der Waals surface area contributed by atoms with Gasteiger partial charge in [-0.3, -0.25) is 9.48 Å². The average molecular weight is 227 g/mol. The third kappa shape index (κ3) is 3.54. The molecule has 6 heteroatoms. The highest BCUT2D eigenvalue weighted by molar-refractivity contribution is 5.73. The Morgan fingerprint density at radius 1 is 1.69 bits per heavy atom. The highest BCUT2D eigenvalue weighted by atomic mass is 16.5. The molecule has 1 rings (SSSR count). The molecule has 0 spiro atoms. The van der Waals surface area contributed by atoms with Crippen molar-refractivity contribution in [1.82, 2.24) is 15.1 Å². The summed E-state index contributed by atoms with van der Waals surface area (Å²) in [5.74, 6) is -0.224. The fourth-order valence-electron chi connectivity index (χ4n) is 1.35. The molecule has 1 heterocycles. The zero-order chi connectivity index (χ0) is 12.0. The van der Waals surface area contributed by atoms with Gasteiger partial charge in [0.1, 0.15) is 6.04 Å². The van der Waals surface area contributed by atoms with Crippen molar-refractivity contribution in [3.05, 3.63) is 12.4 Å². The lowest BCUT2D eigenvalue weighted by Gasteiger charge is -2.12. The molecule has 0 saturated carbocycles. The van der Waals surface area contributed by atoms with E-state index in [1.165, 1.54) is 0 Å². The minimum atomic E-state index is -0.879. The Bertz CT molecular complexity index is 338. The summed E-state index contributed by atoms with van der Waals surface area (Å²) in [6, 6.07) is -0.626. The Balaban J connectivity index is 2.58. The standard InChI is InChI=1S/C10H17N3O3/c1-3-11-9(10(14)15)7-13-6-8(5-12-13)16-4-2/h5-6,9,11H,3-4,7H2,1-2H3,(H,14,15). The summed E-state index contributed by atoms with van der Waals surface area (Å²) in [6.45, 7) is 5.22. The molecule has 1 aromatic rings. The molecule has 0 bridgehead atoms. The summed E-state index contributed by atoms with van der Waals surface area (Å²) in [6.07, 6.45) is 3.27. The summed E-state index contributed by atoms with van der Waals surface area (Å²) < 4.78 is 6.80. The fourth-order valence-corrected chi connectivity index (χ4v) is 1.35. The minimum Gasteiger partial charge on any atom is -0.491 e. The van der Waals surface area contributed by atoms with Gasteiger partial charge in [0.25, 0.3) is 0 Å². The zero-order valence-electron chi connectivity index (χ0n) is 9.51. The highest BCUT2D eigenvalue weighted by Gasteiger charge is 2.16. The molecule has 1 unspecified atom stereocenters. The molecule has 1 atom stereocenters. The van der Waals surface area contributed by atoms with E-state index in [-0.39, 0.29) is 6.54 Å². The quantitative estimate of drug-likeness (QED) is 0.702. The smallest absolute Gasteiger partial charge is 0.322 e. The van der Waals surface area contributed by atoms with Gasteiger partial charge < -0.3 is 15.2 Å². The molecular formula is C10H17N3O3. The number of ether oxygens (including phenoxy) is 1. The minimum absolute atomic E-state index is 0.288. The van der Waals surface area contributed by atoms with E-state index in [1.807, 2.05) is 13.8 Å². The maximum absolute atomic E-state index is 10.9. The van der Waals surface area contributed by atoms with Gasteiger partial charge in [-0.05, 0) is 13.5 Å². The van der Waals surface area contributed by atoms with Gasteiger partial charge >= 0.3 is 5.97 Å². The first kappa shape index (κ1) is 12.5. The SMILES string of the molecule is CCNC(Cn1cc(OCC)cn1)C(=O)O. The first-order valence-electron chi connectivity index (χ1n) is 5.28. The Labute approximate surface area is 94.2 Å². The van der Waals surface area contributed by atoms with Crippen LogP contribution in [0.4, 0.5) is 0 Å². The fraction of sp³-hybridized carbons (Fsp3) is 0.600. The first-order chi connectivity index (χ1) is 7.67. The molecule has 1 aromatic heterocycles. The van der Waals surface area contributed by atoms with Gasteiger partial charge in [-0.1, -0.05) is 6.92 Å². The van der Waals surface area contributed by atoms with Crippen LogP contribution in [0.15, 0.2) is 12.4 Å². The van der Waals surface area contributed by atoms with Gasteiger partial charge in [0.15, 0.2) is 5.75 Å². The normalized spacial score (nSPS) is 12.4. The van der Waals surface area contributed by atoms with Crippen molar-refractivity contribution < 1.29 is 14.6 Å². The van der Waals surface area contributed by atoms with Crippen LogP contribution in [-0.2, 0) is 11.3 Å². The van der Waals surface area contributed by atoms with Gasteiger partial charge in [0, 0.05) is 0 Å². The first-order valence-corrected chi connectivity index (χ1v) is 5.28. The highest BCUT2D eigenvalue weighted by Crippen LogP contribution is 2.08. The number of nitrogens with one attached hydrogen (secondary N) is 1. The molecule has 0 aliphatic carbocycles. The molecule has 0 radical (unpaired) electrons. The van der Waals surface area contributed by atoms with E-state index >= 15 is 0 Å². The predicted molar refractivity (Wildman–Crippen MR) is 58.5 cm³/mol. The lowest BCUT2D eigenvalue weighted by Crippen LogP contribution is -2.40. The summed E-state index contributed by atoms with van der Waals surface area (Å²) in [5, 5.41) is 15.8. The Hall–Kier alpha value is -1.56. The molecule has 0 fully saturated rings. The van der Waals surface area contributed by atoms with Gasteiger partial charge in [-0.25, -0.2) is 0 Å². The Morgan fingerprint density at radius 2 is 2.44 bits per heavy atom. The number of carboxylic acid groups (broad SMARTS) is 1. The van der Waals surface area contributed by atoms with Crippen molar-refractivity contribution in [3.63, 3.8) is 0 Å². The third-order valence-electron chi connectivity index (χ3n) is 2.04. The van der Waals surface area contributed by atoms with Gasteiger partial charge in [0.2, 0.25) is 0 Å². The van der Waals surface area contributed by atoms with E-state index < -0.39 is 12.0 Å². The monoisotopic (exact) mass is 227 g/mol. The van der Waals surface area contributed by atoms with E-state index in [0.717, 1.165) is 0 Å². The zero-order valence-corrected chi connectivity index (χ0v) is 9.51. The molecule has 0 aromatic carbocycles. The van der Waals surface area contributed by atoms with Crippen LogP contribution in [0.3, 0.4) is 0 Å². The van der Waals surface area contributed by atoms with Crippen LogP contribution in [0.2, 0.25) is 0 Å². The van der Waals surface area contributed by atoms with Crippen LogP contribution in [0.5, 0.6) is 5.75 Å². The van der Waals surface area contributed by atoms with Crippen LogP contribution >= 0.6 is 0 Å². The predicted octanol–water partition coefficient (Wildman–Crippen LogP) is 0.344. The Morgan fingerprint density at radius 3 is 3.00 bits per heavy atom. The number of hydrogen-bond acceptors (Lipinski definition) is 4. The number of carbonyl (C=O) groups is 1. The van der Waals surface area contributed by atoms with Crippen LogP contribution in [-0.4, -0.2) is 40.0 Å². The largest absolute Gasteiger partial charge is 0.491 e. The van der Waals surface area contributed by atoms with Crippen molar-refractivity contribution in [2.45, 2.75) is 26.4 Å². The number of nitrogens with zero attached hydrogens (tertiary/aromatic N) is 2. The molecule has 0 aliphatic rings. The molecule has 16 heavy (non-hydrogen) atoms. The summed E-state index contributed by atoms with van der Waals surface area (Å²) >= 11 is 0. The average Bonchev–Trinajstić information content (AvgIpc) is 2.65. The second-order valence-electron chi connectivity index (χ2n) is 3.28. The summed E-state index contributed by atoms with van der Waals surface area (Å²) in [7, 11) is 0. The number of aromatic nitrogens is 2. The second kappa shape index (κ2) is 6.12. The molecule has 6 nitrogen and oxygen atoms in total. The molecule has 90 valence electrons. The van der Waals surface area contributed by atoms with E-state index in [2.05, 4.69) is 10.4 Å². The maximum atomic E-state index is 10.9. The van der Waals surface area contributed by atoms with Gasteiger partial charge in [-0.2, -0.15) is 5.10 Å². The van der Waals surface area contributed by atoms with E-state index in [0.29, 0.717) is 18.9 Å². The van der Waals surface area contributed by atoms with E-state index in [9.17, 15) is 4.79 Å². The van der Waals surface area contributed by atoms with E-state index in [1.54, 1.807) is 17.1 Å². The van der Waals surface area contributed by atoms with Crippen molar-refractivity contribution in [2.75, 3.05) is 13.2 Å². The molecular weight excluding hydrogens is 210 g/mol. The van der Waals surface area contributed by atoms with Gasteiger partial charge in [-0.15, -0.1) is 0 Å². The second-order valence-corrected chi connectivity index (χ2v) is 3.28. The molecule has 0 amide bonds. The number of likely N-dealkylation sites (N-methyl/N-ethyl adjacent to an activating group) is 1. The molecule has 0 saturated heterocycles. The Kier molecular flexibility index (Phi) is 4.78. The van der Waals surface area contributed by atoms with Crippen molar-refractivity contribution in [3.8, 4) is 5.75 Å². The van der Waals surface area contributed by atoms with Crippen molar-refractivity contribution in [1.29, 1.82) is 0 Å². The van der Waals surface area contributed by atoms with Crippen LogP contribution in [0.25, 0.3) is 0 Å². The molecule has 2 N–H and O–H groups in total. The maximum Gasteiger partial charge on any atom is 0.322 e. The van der Waals surface area contributed by atoms with Crippen LogP contribution < -0.4 is 10.1 Å². The molecule has 0 aliphatic heterocycles. The third-order valence-corrected chi connectivity index (χ3v) is 2.04.